The quantitative estimate of drug-likeness (QED) is 0.347. The lowest BCUT2D eigenvalue weighted by Gasteiger charge is -2.16. The number of amides is 1. The molecular formula is C22H15F3N2O3S2. The summed E-state index contributed by atoms with van der Waals surface area (Å²) >= 11 is 2.66. The number of alkyl halides is 3. The second-order valence-electron chi connectivity index (χ2n) is 6.73. The standard InChI is InChI=1S/C22H15F3N2O3S2/c1-12(19(28)26-14-7-3-2-6-13(14)22(23,24)25)30-21(29)18-11-10-17(31-18)20-27-15-8-4-5-9-16(15)32-20/h2-12H,1H3,(H,26,28). The number of rotatable bonds is 5. The Balaban J connectivity index is 1.44. The van der Waals surface area contributed by atoms with Crippen LogP contribution in [0.3, 0.4) is 0 Å². The number of benzene rings is 2. The molecule has 0 aliphatic rings. The van der Waals surface area contributed by atoms with E-state index in [2.05, 4.69) is 10.3 Å². The lowest BCUT2D eigenvalue weighted by Crippen LogP contribution is -2.30. The van der Waals surface area contributed by atoms with Gasteiger partial charge in [0, 0.05) is 0 Å². The van der Waals surface area contributed by atoms with Crippen LogP contribution in [0.5, 0.6) is 0 Å². The van der Waals surface area contributed by atoms with Crippen molar-refractivity contribution in [2.45, 2.75) is 19.2 Å². The van der Waals surface area contributed by atoms with Gasteiger partial charge in [0.25, 0.3) is 5.91 Å². The number of hydrogen-bond donors (Lipinski definition) is 1. The van der Waals surface area contributed by atoms with Gasteiger partial charge in [-0.3, -0.25) is 4.79 Å². The van der Waals surface area contributed by atoms with Crippen LogP contribution in [0.15, 0.2) is 60.7 Å². The Morgan fingerprint density at radius 1 is 1.00 bits per heavy atom. The van der Waals surface area contributed by atoms with E-state index in [0.29, 0.717) is 0 Å². The molecule has 0 radical (unpaired) electrons. The molecule has 1 atom stereocenters. The Labute approximate surface area is 188 Å². The SMILES string of the molecule is CC(OC(=O)c1ccc(-c2nc3ccccc3s2)s1)C(=O)Nc1ccccc1C(F)(F)F. The smallest absolute Gasteiger partial charge is 0.418 e. The Hall–Kier alpha value is -3.24. The number of carbonyl (C=O) groups is 2. The van der Waals surface area contributed by atoms with Crippen LogP contribution < -0.4 is 5.32 Å². The van der Waals surface area contributed by atoms with Gasteiger partial charge in [0.2, 0.25) is 0 Å². The van der Waals surface area contributed by atoms with Crippen molar-refractivity contribution in [1.82, 2.24) is 4.98 Å². The first-order chi connectivity index (χ1) is 15.2. The van der Waals surface area contributed by atoms with Gasteiger partial charge in [-0.05, 0) is 43.3 Å². The van der Waals surface area contributed by atoms with Crippen molar-refractivity contribution in [1.29, 1.82) is 0 Å². The summed E-state index contributed by atoms with van der Waals surface area (Å²) in [5, 5.41) is 2.93. The number of carbonyl (C=O) groups excluding carboxylic acids is 2. The molecule has 1 amide bonds. The van der Waals surface area contributed by atoms with Crippen LogP contribution >= 0.6 is 22.7 Å². The van der Waals surface area contributed by atoms with Crippen molar-refractivity contribution in [3.05, 3.63) is 71.1 Å². The predicted molar refractivity (Wildman–Crippen MR) is 118 cm³/mol. The van der Waals surface area contributed by atoms with Crippen molar-refractivity contribution in [3.8, 4) is 9.88 Å². The van der Waals surface area contributed by atoms with E-state index < -0.39 is 35.4 Å². The molecule has 0 aliphatic heterocycles. The van der Waals surface area contributed by atoms with Crippen molar-refractivity contribution >= 4 is 50.5 Å². The van der Waals surface area contributed by atoms with Gasteiger partial charge in [-0.1, -0.05) is 24.3 Å². The van der Waals surface area contributed by atoms with E-state index in [1.54, 1.807) is 12.1 Å². The van der Waals surface area contributed by atoms with Crippen molar-refractivity contribution in [2.24, 2.45) is 0 Å². The average molecular weight is 477 g/mol. The van der Waals surface area contributed by atoms with Crippen LogP contribution in [0.1, 0.15) is 22.2 Å². The van der Waals surface area contributed by atoms with E-state index in [1.807, 2.05) is 24.3 Å². The van der Waals surface area contributed by atoms with Crippen LogP contribution in [-0.2, 0) is 15.7 Å². The average Bonchev–Trinajstić information content (AvgIpc) is 3.40. The molecule has 10 heteroatoms. The summed E-state index contributed by atoms with van der Waals surface area (Å²) in [6.45, 7) is 1.30. The summed E-state index contributed by atoms with van der Waals surface area (Å²) in [6.07, 6.45) is -5.92. The third-order valence-corrected chi connectivity index (χ3v) is 6.73. The van der Waals surface area contributed by atoms with E-state index in [1.165, 1.54) is 41.7 Å². The highest BCUT2D eigenvalue weighted by Crippen LogP contribution is 2.36. The van der Waals surface area contributed by atoms with Crippen LogP contribution in [0.25, 0.3) is 20.1 Å². The summed E-state index contributed by atoms with van der Waals surface area (Å²) in [5.41, 5.74) is -0.526. The molecule has 2 aromatic heterocycles. The number of ether oxygens (including phenoxy) is 1. The summed E-state index contributed by atoms with van der Waals surface area (Å²) < 4.78 is 45.5. The van der Waals surface area contributed by atoms with Crippen LogP contribution in [0.4, 0.5) is 18.9 Å². The van der Waals surface area contributed by atoms with Gasteiger partial charge in [0.05, 0.1) is 26.3 Å². The zero-order chi connectivity index (χ0) is 22.9. The molecular weight excluding hydrogens is 461 g/mol. The lowest BCUT2D eigenvalue weighted by atomic mass is 10.1. The molecule has 2 heterocycles. The van der Waals surface area contributed by atoms with Crippen LogP contribution in [-0.4, -0.2) is 23.0 Å². The Morgan fingerprint density at radius 2 is 1.72 bits per heavy atom. The van der Waals surface area contributed by atoms with E-state index in [0.717, 1.165) is 32.2 Å². The number of hydrogen-bond acceptors (Lipinski definition) is 6. The Bertz CT molecular complexity index is 1260. The van der Waals surface area contributed by atoms with Crippen LogP contribution in [0, 0.1) is 0 Å². The molecule has 0 bridgehead atoms. The van der Waals surface area contributed by atoms with E-state index in [-0.39, 0.29) is 4.88 Å². The topological polar surface area (TPSA) is 68.3 Å². The summed E-state index contributed by atoms with van der Waals surface area (Å²) in [7, 11) is 0. The van der Waals surface area contributed by atoms with E-state index in [4.69, 9.17) is 4.74 Å². The first kappa shape index (κ1) is 22.0. The number of para-hydroxylation sites is 2. The number of anilines is 1. The zero-order valence-corrected chi connectivity index (χ0v) is 18.1. The number of halogens is 3. The molecule has 4 aromatic rings. The van der Waals surface area contributed by atoms with Gasteiger partial charge in [0.1, 0.15) is 9.88 Å². The van der Waals surface area contributed by atoms with Gasteiger partial charge in [-0.25, -0.2) is 9.78 Å². The van der Waals surface area contributed by atoms with Gasteiger partial charge in [0.15, 0.2) is 6.10 Å². The minimum atomic E-state index is -4.63. The molecule has 1 unspecified atom stereocenters. The first-order valence-electron chi connectivity index (χ1n) is 9.36. The van der Waals surface area contributed by atoms with Gasteiger partial charge in [-0.2, -0.15) is 13.2 Å². The normalized spacial score (nSPS) is 12.5. The van der Waals surface area contributed by atoms with E-state index in [9.17, 15) is 22.8 Å². The molecule has 0 spiro atoms. The third-order valence-electron chi connectivity index (χ3n) is 4.46. The highest BCUT2D eigenvalue weighted by Gasteiger charge is 2.34. The fourth-order valence-electron chi connectivity index (χ4n) is 2.89. The molecule has 5 nitrogen and oxygen atoms in total. The number of fused-ring (bicyclic) bond motifs is 1. The Morgan fingerprint density at radius 3 is 2.47 bits per heavy atom. The Kier molecular flexibility index (Phi) is 5.98. The molecule has 32 heavy (non-hydrogen) atoms. The summed E-state index contributed by atoms with van der Waals surface area (Å²) in [5.74, 6) is -1.60. The molecule has 0 fully saturated rings. The molecule has 1 N–H and O–H groups in total. The predicted octanol–water partition coefficient (Wildman–Crippen LogP) is 6.23. The van der Waals surface area contributed by atoms with Crippen molar-refractivity contribution in [3.63, 3.8) is 0 Å². The molecule has 0 aliphatic carbocycles. The first-order valence-corrected chi connectivity index (χ1v) is 11.0. The van der Waals surface area contributed by atoms with Crippen molar-refractivity contribution in [2.75, 3.05) is 5.32 Å². The lowest BCUT2D eigenvalue weighted by molar-refractivity contribution is -0.137. The number of thiophene rings is 1. The molecule has 0 saturated heterocycles. The van der Waals surface area contributed by atoms with Gasteiger partial charge in [-0.15, -0.1) is 22.7 Å². The number of aromatic nitrogens is 1. The van der Waals surface area contributed by atoms with Gasteiger partial charge >= 0.3 is 12.1 Å². The second kappa shape index (κ2) is 8.71. The highest BCUT2D eigenvalue weighted by molar-refractivity contribution is 7.26. The molecule has 4 rings (SSSR count). The monoisotopic (exact) mass is 476 g/mol. The van der Waals surface area contributed by atoms with Crippen LogP contribution in [0.2, 0.25) is 0 Å². The fourth-order valence-corrected chi connectivity index (χ4v) is 4.80. The molecule has 2 aromatic carbocycles. The molecule has 164 valence electrons. The fraction of sp³-hybridized carbons (Fsp3) is 0.136. The summed E-state index contributed by atoms with van der Waals surface area (Å²) in [6, 6.07) is 15.6. The summed E-state index contributed by atoms with van der Waals surface area (Å²) in [4.78, 5) is 30.4. The zero-order valence-electron chi connectivity index (χ0n) is 16.5. The number of nitrogens with zero attached hydrogens (tertiary/aromatic N) is 1. The van der Waals surface area contributed by atoms with Gasteiger partial charge < -0.3 is 10.1 Å². The van der Waals surface area contributed by atoms with Crippen molar-refractivity contribution < 1.29 is 27.5 Å². The third kappa shape index (κ3) is 4.66. The minimum Gasteiger partial charge on any atom is -0.448 e. The minimum absolute atomic E-state index is 0.259. The van der Waals surface area contributed by atoms with E-state index >= 15 is 0 Å². The number of thiazole rings is 1. The maximum Gasteiger partial charge on any atom is 0.418 e. The number of esters is 1. The maximum absolute atomic E-state index is 13.1. The second-order valence-corrected chi connectivity index (χ2v) is 8.85. The molecule has 0 saturated carbocycles. The maximum atomic E-state index is 13.1. The highest BCUT2D eigenvalue weighted by atomic mass is 32.1. The number of nitrogens with one attached hydrogen (secondary N) is 1. The largest absolute Gasteiger partial charge is 0.448 e.